The fourth-order valence-electron chi connectivity index (χ4n) is 3.29. The molecule has 0 saturated heterocycles. The van der Waals surface area contributed by atoms with Crippen LogP contribution in [0.3, 0.4) is 0 Å². The van der Waals surface area contributed by atoms with Gasteiger partial charge in [0, 0.05) is 24.7 Å². The topological polar surface area (TPSA) is 87.2 Å². The molecule has 2 aromatic carbocycles. The van der Waals surface area contributed by atoms with E-state index in [9.17, 15) is 14.9 Å². The van der Waals surface area contributed by atoms with Gasteiger partial charge >= 0.3 is 0 Å². The van der Waals surface area contributed by atoms with Crippen LogP contribution >= 0.6 is 0 Å². The number of amides is 1. The van der Waals surface area contributed by atoms with E-state index in [0.29, 0.717) is 29.6 Å². The highest BCUT2D eigenvalue weighted by Crippen LogP contribution is 2.31. The van der Waals surface area contributed by atoms with Crippen molar-refractivity contribution in [3.8, 4) is 6.07 Å². The van der Waals surface area contributed by atoms with Gasteiger partial charge in [0.15, 0.2) is 17.3 Å². The highest BCUT2D eigenvalue weighted by atomic mass is 16.3. The van der Waals surface area contributed by atoms with E-state index in [1.807, 2.05) is 18.2 Å². The van der Waals surface area contributed by atoms with Gasteiger partial charge in [-0.3, -0.25) is 9.59 Å². The zero-order chi connectivity index (χ0) is 18.3. The molecule has 0 spiro atoms. The van der Waals surface area contributed by atoms with Crippen molar-refractivity contribution in [2.75, 3.05) is 11.4 Å². The molecule has 6 nitrogen and oxygen atoms in total. The molecule has 0 saturated carbocycles. The Balaban J connectivity index is 1.68. The molecule has 1 unspecified atom stereocenters. The highest BCUT2D eigenvalue weighted by molar-refractivity contribution is 6.03. The minimum atomic E-state index is -1.11. The van der Waals surface area contributed by atoms with Crippen molar-refractivity contribution in [1.82, 2.24) is 4.98 Å². The molecule has 1 aromatic heterocycles. The Morgan fingerprint density at radius 3 is 2.81 bits per heavy atom. The Bertz CT molecular complexity index is 1040. The van der Waals surface area contributed by atoms with E-state index < -0.39 is 5.92 Å². The number of rotatable bonds is 3. The van der Waals surface area contributed by atoms with Gasteiger partial charge in [-0.05, 0) is 42.3 Å². The number of para-hydroxylation sites is 2. The number of oxazole rings is 1. The third-order valence-electron chi connectivity index (χ3n) is 4.59. The first-order chi connectivity index (χ1) is 12.6. The molecule has 3 aromatic rings. The van der Waals surface area contributed by atoms with Gasteiger partial charge in [0.2, 0.25) is 11.8 Å². The maximum Gasteiger partial charge on any atom is 0.223 e. The number of hydrogen-bond donors (Lipinski definition) is 0. The molecule has 128 valence electrons. The van der Waals surface area contributed by atoms with Crippen molar-refractivity contribution in [1.29, 1.82) is 5.26 Å². The minimum Gasteiger partial charge on any atom is -0.439 e. The Kier molecular flexibility index (Phi) is 3.77. The number of ketones is 1. The van der Waals surface area contributed by atoms with Gasteiger partial charge in [-0.2, -0.15) is 5.26 Å². The molecule has 6 heteroatoms. The molecule has 2 heterocycles. The second-order valence-corrected chi connectivity index (χ2v) is 6.21. The van der Waals surface area contributed by atoms with Crippen LogP contribution in [0, 0.1) is 11.3 Å². The first-order valence-corrected chi connectivity index (χ1v) is 8.29. The van der Waals surface area contributed by atoms with E-state index in [4.69, 9.17) is 4.42 Å². The van der Waals surface area contributed by atoms with Crippen molar-refractivity contribution in [2.45, 2.75) is 19.3 Å². The van der Waals surface area contributed by atoms with E-state index in [-0.39, 0.29) is 17.6 Å². The summed E-state index contributed by atoms with van der Waals surface area (Å²) in [7, 11) is 0. The number of nitrogens with zero attached hydrogens (tertiary/aromatic N) is 3. The van der Waals surface area contributed by atoms with Gasteiger partial charge in [-0.15, -0.1) is 0 Å². The third-order valence-corrected chi connectivity index (χ3v) is 4.59. The average molecular weight is 345 g/mol. The second-order valence-electron chi connectivity index (χ2n) is 6.21. The zero-order valence-electron chi connectivity index (χ0n) is 14.1. The van der Waals surface area contributed by atoms with E-state index >= 15 is 0 Å². The van der Waals surface area contributed by atoms with E-state index in [1.54, 1.807) is 35.2 Å². The van der Waals surface area contributed by atoms with E-state index in [2.05, 4.69) is 4.98 Å². The summed E-state index contributed by atoms with van der Waals surface area (Å²) in [6, 6.07) is 14.3. The highest BCUT2D eigenvalue weighted by Gasteiger charge is 2.29. The van der Waals surface area contributed by atoms with Crippen molar-refractivity contribution in [3.63, 3.8) is 0 Å². The molecule has 0 bridgehead atoms. The SMILES string of the molecule is CC(=O)N1CCc2cc(C(=O)C(C#N)c3nc4ccccc4o3)ccc21. The molecular formula is C20H15N3O3. The van der Waals surface area contributed by atoms with Crippen LogP contribution < -0.4 is 4.90 Å². The summed E-state index contributed by atoms with van der Waals surface area (Å²) in [5, 5.41) is 9.52. The van der Waals surface area contributed by atoms with E-state index in [0.717, 1.165) is 11.3 Å². The predicted octanol–water partition coefficient (Wildman–Crippen LogP) is 3.23. The Morgan fingerprint density at radius 1 is 1.27 bits per heavy atom. The lowest BCUT2D eigenvalue weighted by Crippen LogP contribution is -2.25. The van der Waals surface area contributed by atoms with Crippen LogP contribution in [0.4, 0.5) is 5.69 Å². The average Bonchev–Trinajstić information content (AvgIpc) is 3.25. The monoisotopic (exact) mass is 345 g/mol. The molecular weight excluding hydrogens is 330 g/mol. The number of aromatic nitrogens is 1. The number of carbonyl (C=O) groups excluding carboxylic acids is 2. The van der Waals surface area contributed by atoms with Gasteiger partial charge in [0.1, 0.15) is 5.52 Å². The van der Waals surface area contributed by atoms with Gasteiger partial charge in [0.05, 0.1) is 6.07 Å². The number of hydrogen-bond acceptors (Lipinski definition) is 5. The van der Waals surface area contributed by atoms with Crippen LogP contribution in [0.2, 0.25) is 0 Å². The number of benzene rings is 2. The number of anilines is 1. The first-order valence-electron chi connectivity index (χ1n) is 8.29. The molecule has 1 aliphatic rings. The molecule has 4 rings (SSSR count). The molecule has 1 amide bonds. The van der Waals surface area contributed by atoms with Crippen molar-refractivity contribution < 1.29 is 14.0 Å². The summed E-state index contributed by atoms with van der Waals surface area (Å²) in [5.74, 6) is -1.39. The first kappa shape index (κ1) is 16.0. The standard InChI is InChI=1S/C20H15N3O3/c1-12(24)23-9-8-13-10-14(6-7-17(13)23)19(25)15(11-21)20-22-16-4-2-3-5-18(16)26-20/h2-7,10,15H,8-9H2,1H3. The molecule has 1 aliphatic heterocycles. The normalized spacial score (nSPS) is 14.1. The van der Waals surface area contributed by atoms with Gasteiger partial charge in [0.25, 0.3) is 0 Å². The lowest BCUT2D eigenvalue weighted by molar-refractivity contribution is -0.116. The van der Waals surface area contributed by atoms with Crippen LogP contribution in [0.25, 0.3) is 11.1 Å². The summed E-state index contributed by atoms with van der Waals surface area (Å²) in [6.07, 6.45) is 0.691. The molecule has 0 N–H and O–H groups in total. The Labute approximate surface area is 149 Å². The van der Waals surface area contributed by atoms with Crippen LogP contribution in [-0.4, -0.2) is 23.2 Å². The van der Waals surface area contributed by atoms with Crippen molar-refractivity contribution in [2.24, 2.45) is 0 Å². The predicted molar refractivity (Wildman–Crippen MR) is 94.9 cm³/mol. The van der Waals surface area contributed by atoms with Crippen molar-refractivity contribution in [3.05, 3.63) is 59.5 Å². The van der Waals surface area contributed by atoms with Gasteiger partial charge in [-0.1, -0.05) is 12.1 Å². The number of nitriles is 1. The molecule has 0 radical (unpaired) electrons. The second kappa shape index (κ2) is 6.12. The van der Waals surface area contributed by atoms with Gasteiger partial charge in [-0.25, -0.2) is 4.98 Å². The van der Waals surface area contributed by atoms with Crippen LogP contribution in [0.1, 0.15) is 34.7 Å². The lowest BCUT2D eigenvalue weighted by Gasteiger charge is -2.14. The fourth-order valence-corrected chi connectivity index (χ4v) is 3.29. The Hall–Kier alpha value is -3.46. The number of Topliss-reactive ketones (excluding diaryl/α,β-unsaturated/α-hetero) is 1. The number of fused-ring (bicyclic) bond motifs is 2. The lowest BCUT2D eigenvalue weighted by atomic mass is 9.96. The maximum absolute atomic E-state index is 12.9. The maximum atomic E-state index is 12.9. The number of carbonyl (C=O) groups is 2. The molecule has 0 aliphatic carbocycles. The minimum absolute atomic E-state index is 0.0239. The zero-order valence-corrected chi connectivity index (χ0v) is 14.1. The third kappa shape index (κ3) is 2.54. The quantitative estimate of drug-likeness (QED) is 0.680. The largest absolute Gasteiger partial charge is 0.439 e. The van der Waals surface area contributed by atoms with Crippen LogP contribution in [0.5, 0.6) is 0 Å². The summed E-state index contributed by atoms with van der Waals surface area (Å²) in [6.45, 7) is 2.13. The Morgan fingerprint density at radius 2 is 2.08 bits per heavy atom. The van der Waals surface area contributed by atoms with Gasteiger partial charge < -0.3 is 9.32 Å². The fraction of sp³-hybridized carbons (Fsp3) is 0.200. The summed E-state index contributed by atoms with van der Waals surface area (Å²) in [5.41, 5.74) is 3.33. The summed E-state index contributed by atoms with van der Waals surface area (Å²) < 4.78 is 5.60. The van der Waals surface area contributed by atoms with Crippen molar-refractivity contribution >= 4 is 28.5 Å². The van der Waals surface area contributed by atoms with E-state index in [1.165, 1.54) is 6.92 Å². The van der Waals surface area contributed by atoms with Crippen LogP contribution in [0.15, 0.2) is 46.9 Å². The molecule has 0 fully saturated rings. The summed E-state index contributed by atoms with van der Waals surface area (Å²) >= 11 is 0. The molecule has 26 heavy (non-hydrogen) atoms. The molecule has 1 atom stereocenters. The smallest absolute Gasteiger partial charge is 0.223 e. The summed E-state index contributed by atoms with van der Waals surface area (Å²) in [4.78, 5) is 30.5. The van der Waals surface area contributed by atoms with Crippen LogP contribution in [-0.2, 0) is 11.2 Å².